The van der Waals surface area contributed by atoms with Crippen LogP contribution in [0.4, 0.5) is 24.5 Å². The Bertz CT molecular complexity index is 438. The monoisotopic (exact) mass is 374 g/mol. The van der Waals surface area contributed by atoms with E-state index < -0.39 is 17.5 Å². The van der Waals surface area contributed by atoms with E-state index >= 15 is 0 Å². The first-order valence-electron chi connectivity index (χ1n) is 5.04. The van der Waals surface area contributed by atoms with Gasteiger partial charge in [0.25, 0.3) is 5.69 Å². The summed E-state index contributed by atoms with van der Waals surface area (Å²) < 4.78 is 36.4. The average Bonchev–Trinajstić information content (AvgIpc) is 2.24. The SMILES string of the molecule is O=[N+]([O-])c1cc(I)ccc1NCCCC(F)(F)F. The number of hydrogen-bond acceptors (Lipinski definition) is 3. The first-order valence-corrected chi connectivity index (χ1v) is 6.12. The van der Waals surface area contributed by atoms with Crippen molar-refractivity contribution in [2.75, 3.05) is 11.9 Å². The third-order valence-corrected chi connectivity index (χ3v) is 2.78. The van der Waals surface area contributed by atoms with E-state index in [1.54, 1.807) is 6.07 Å². The number of rotatable bonds is 5. The van der Waals surface area contributed by atoms with Crippen LogP contribution in [0.5, 0.6) is 0 Å². The zero-order valence-corrected chi connectivity index (χ0v) is 11.3. The van der Waals surface area contributed by atoms with Gasteiger partial charge in [0.2, 0.25) is 0 Å². The summed E-state index contributed by atoms with van der Waals surface area (Å²) >= 11 is 1.93. The Balaban J connectivity index is 2.59. The van der Waals surface area contributed by atoms with Crippen LogP contribution in [-0.4, -0.2) is 17.6 Å². The van der Waals surface area contributed by atoms with Crippen LogP contribution in [0.15, 0.2) is 18.2 Å². The van der Waals surface area contributed by atoms with E-state index in [9.17, 15) is 23.3 Å². The Morgan fingerprint density at radius 2 is 2.06 bits per heavy atom. The van der Waals surface area contributed by atoms with E-state index in [-0.39, 0.29) is 24.3 Å². The molecule has 1 aromatic carbocycles. The molecule has 0 unspecified atom stereocenters. The summed E-state index contributed by atoms with van der Waals surface area (Å²) in [4.78, 5) is 10.2. The predicted molar refractivity (Wildman–Crippen MR) is 69.6 cm³/mol. The zero-order chi connectivity index (χ0) is 13.8. The molecule has 0 amide bonds. The highest BCUT2D eigenvalue weighted by molar-refractivity contribution is 14.1. The quantitative estimate of drug-likeness (QED) is 0.368. The molecule has 0 spiro atoms. The molecule has 100 valence electrons. The first-order chi connectivity index (χ1) is 8.29. The molecule has 0 heterocycles. The highest BCUT2D eigenvalue weighted by Crippen LogP contribution is 2.27. The van der Waals surface area contributed by atoms with E-state index in [4.69, 9.17) is 0 Å². The topological polar surface area (TPSA) is 55.2 Å². The molecule has 18 heavy (non-hydrogen) atoms. The maximum Gasteiger partial charge on any atom is 0.389 e. The number of nitro groups is 1. The maximum absolute atomic E-state index is 11.9. The molecule has 0 aliphatic heterocycles. The van der Waals surface area contributed by atoms with E-state index in [0.29, 0.717) is 3.57 Å². The van der Waals surface area contributed by atoms with Crippen molar-refractivity contribution in [2.45, 2.75) is 19.0 Å². The molecule has 0 fully saturated rings. The van der Waals surface area contributed by atoms with Crippen LogP contribution in [-0.2, 0) is 0 Å². The van der Waals surface area contributed by atoms with Crippen molar-refractivity contribution in [2.24, 2.45) is 0 Å². The summed E-state index contributed by atoms with van der Waals surface area (Å²) in [6, 6.07) is 4.51. The summed E-state index contributed by atoms with van der Waals surface area (Å²) in [5.74, 6) is 0. The minimum atomic E-state index is -4.19. The molecule has 1 aromatic rings. The molecule has 0 atom stereocenters. The van der Waals surface area contributed by atoms with Gasteiger partial charge in [-0.1, -0.05) is 0 Å². The molecule has 8 heteroatoms. The van der Waals surface area contributed by atoms with Crippen molar-refractivity contribution in [3.8, 4) is 0 Å². The number of benzene rings is 1. The second-order valence-electron chi connectivity index (χ2n) is 3.56. The van der Waals surface area contributed by atoms with Crippen LogP contribution in [0, 0.1) is 13.7 Å². The lowest BCUT2D eigenvalue weighted by Crippen LogP contribution is -2.11. The Morgan fingerprint density at radius 3 is 2.61 bits per heavy atom. The molecule has 4 nitrogen and oxygen atoms in total. The van der Waals surface area contributed by atoms with Crippen LogP contribution in [0.25, 0.3) is 0 Å². The van der Waals surface area contributed by atoms with Gasteiger partial charge in [-0.25, -0.2) is 0 Å². The maximum atomic E-state index is 11.9. The van der Waals surface area contributed by atoms with Gasteiger partial charge in [-0.15, -0.1) is 0 Å². The molecular weight excluding hydrogens is 364 g/mol. The Morgan fingerprint density at radius 1 is 1.39 bits per heavy atom. The molecule has 0 aliphatic rings. The molecule has 1 N–H and O–H groups in total. The molecule has 0 bridgehead atoms. The van der Waals surface area contributed by atoms with Gasteiger partial charge in [0.15, 0.2) is 0 Å². The molecule has 0 saturated heterocycles. The van der Waals surface area contributed by atoms with Crippen molar-refractivity contribution < 1.29 is 18.1 Å². The van der Waals surface area contributed by atoms with Crippen LogP contribution in [0.2, 0.25) is 0 Å². The molecule has 0 saturated carbocycles. The number of halogens is 4. The number of alkyl halides is 3. The van der Waals surface area contributed by atoms with Crippen molar-refractivity contribution >= 4 is 34.0 Å². The summed E-state index contributed by atoms with van der Waals surface area (Å²) in [5.41, 5.74) is 0.108. The number of nitro benzene ring substituents is 1. The third kappa shape index (κ3) is 5.07. The molecular formula is C10H10F3IN2O2. The van der Waals surface area contributed by atoms with Gasteiger partial charge in [0.05, 0.1) is 4.92 Å². The van der Waals surface area contributed by atoms with Gasteiger partial charge < -0.3 is 5.32 Å². The average molecular weight is 374 g/mol. The van der Waals surface area contributed by atoms with Gasteiger partial charge in [-0.05, 0) is 41.1 Å². The van der Waals surface area contributed by atoms with E-state index in [1.165, 1.54) is 12.1 Å². The second-order valence-corrected chi connectivity index (χ2v) is 4.81. The van der Waals surface area contributed by atoms with Crippen LogP contribution >= 0.6 is 22.6 Å². The van der Waals surface area contributed by atoms with Crippen molar-refractivity contribution in [1.82, 2.24) is 0 Å². The number of hydrogen-bond donors (Lipinski definition) is 1. The fourth-order valence-corrected chi connectivity index (χ4v) is 1.79. The van der Waals surface area contributed by atoms with Gasteiger partial charge in [0.1, 0.15) is 5.69 Å². The highest BCUT2D eigenvalue weighted by atomic mass is 127. The largest absolute Gasteiger partial charge is 0.389 e. The minimum Gasteiger partial charge on any atom is -0.379 e. The summed E-state index contributed by atoms with van der Waals surface area (Å²) in [7, 11) is 0. The van der Waals surface area contributed by atoms with E-state index in [1.807, 2.05) is 22.6 Å². The van der Waals surface area contributed by atoms with Crippen LogP contribution < -0.4 is 5.32 Å². The third-order valence-electron chi connectivity index (χ3n) is 2.11. The fraction of sp³-hybridized carbons (Fsp3) is 0.400. The van der Waals surface area contributed by atoms with E-state index in [2.05, 4.69) is 5.32 Å². The number of nitrogens with one attached hydrogen (secondary N) is 1. The molecule has 0 aromatic heterocycles. The smallest absolute Gasteiger partial charge is 0.379 e. The predicted octanol–water partition coefficient (Wildman–Crippen LogP) is 3.95. The number of anilines is 1. The zero-order valence-electron chi connectivity index (χ0n) is 9.13. The lowest BCUT2D eigenvalue weighted by Gasteiger charge is -2.09. The fourth-order valence-electron chi connectivity index (χ4n) is 1.32. The first kappa shape index (κ1) is 15.0. The highest BCUT2D eigenvalue weighted by Gasteiger charge is 2.26. The lowest BCUT2D eigenvalue weighted by molar-refractivity contribution is -0.384. The summed E-state index contributed by atoms with van der Waals surface area (Å²) in [6.45, 7) is 0.0426. The molecule has 0 aliphatic carbocycles. The van der Waals surface area contributed by atoms with Gasteiger partial charge in [-0.2, -0.15) is 13.2 Å². The Kier molecular flexibility index (Phi) is 5.17. The Hall–Kier alpha value is -1.06. The van der Waals surface area contributed by atoms with Crippen molar-refractivity contribution in [1.29, 1.82) is 0 Å². The standard InChI is InChI=1S/C10H10F3IN2O2/c11-10(12,13)4-1-5-15-8-3-2-7(14)6-9(8)16(17)18/h2-3,6,15H,1,4-5H2. The number of nitrogens with zero attached hydrogens (tertiary/aromatic N) is 1. The summed E-state index contributed by atoms with van der Waals surface area (Å²) in [5, 5.41) is 13.4. The van der Waals surface area contributed by atoms with Crippen molar-refractivity contribution in [3.63, 3.8) is 0 Å². The molecule has 0 radical (unpaired) electrons. The van der Waals surface area contributed by atoms with Gasteiger partial charge in [-0.3, -0.25) is 10.1 Å². The van der Waals surface area contributed by atoms with E-state index in [0.717, 1.165) is 0 Å². The van der Waals surface area contributed by atoms with Gasteiger partial charge in [0, 0.05) is 22.6 Å². The minimum absolute atomic E-state index is 0.0426. The Labute approximate surface area is 115 Å². The van der Waals surface area contributed by atoms with Gasteiger partial charge >= 0.3 is 6.18 Å². The normalized spacial score (nSPS) is 11.3. The van der Waals surface area contributed by atoms with Crippen LogP contribution in [0.1, 0.15) is 12.8 Å². The molecule has 1 rings (SSSR count). The second kappa shape index (κ2) is 6.21. The summed E-state index contributed by atoms with van der Waals surface area (Å²) in [6.07, 6.45) is -5.22. The van der Waals surface area contributed by atoms with Crippen LogP contribution in [0.3, 0.4) is 0 Å². The lowest BCUT2D eigenvalue weighted by atomic mass is 10.2. The van der Waals surface area contributed by atoms with Crippen molar-refractivity contribution in [3.05, 3.63) is 31.9 Å².